The number of nitrogens with one attached hydrogen (secondary N) is 1. The van der Waals surface area contributed by atoms with Gasteiger partial charge in [-0.1, -0.05) is 31.5 Å². The Balaban J connectivity index is 2.16. The number of para-hydroxylation sites is 1. The van der Waals surface area contributed by atoms with Crippen molar-refractivity contribution in [3.8, 4) is 5.75 Å². The van der Waals surface area contributed by atoms with Crippen LogP contribution in [0.5, 0.6) is 5.75 Å². The Morgan fingerprint density at radius 1 is 1.30 bits per heavy atom. The quantitative estimate of drug-likeness (QED) is 0.806. The van der Waals surface area contributed by atoms with Crippen molar-refractivity contribution in [3.05, 3.63) is 29.8 Å². The van der Waals surface area contributed by atoms with Crippen LogP contribution in [0.25, 0.3) is 0 Å². The minimum absolute atomic E-state index is 0.0180. The molecule has 3 N–H and O–H groups in total. The Labute approximate surface area is 139 Å². The second-order valence-electron chi connectivity index (χ2n) is 6.24. The molecule has 2 rings (SSSR count). The fourth-order valence-electron chi connectivity index (χ4n) is 3.09. The summed E-state index contributed by atoms with van der Waals surface area (Å²) in [6, 6.07) is 8.22. The number of hydrogen-bond donors (Lipinski definition) is 2. The fraction of sp³-hybridized carbons (Fsp3) is 0.611. The van der Waals surface area contributed by atoms with Gasteiger partial charge in [-0.3, -0.25) is 9.69 Å². The first-order valence-electron chi connectivity index (χ1n) is 8.52. The molecule has 1 aromatic carbocycles. The highest BCUT2D eigenvalue weighted by atomic mass is 16.5. The number of carbonyl (C=O) groups is 1. The zero-order valence-electron chi connectivity index (χ0n) is 14.3. The first kappa shape index (κ1) is 17.8. The van der Waals surface area contributed by atoms with Gasteiger partial charge in [0.15, 0.2) is 0 Å². The summed E-state index contributed by atoms with van der Waals surface area (Å²) in [5, 5.41) is 3.06. The second-order valence-corrected chi connectivity index (χ2v) is 6.24. The van der Waals surface area contributed by atoms with Crippen LogP contribution >= 0.6 is 0 Å². The maximum atomic E-state index is 12.1. The smallest absolute Gasteiger partial charge is 0.224 e. The summed E-state index contributed by atoms with van der Waals surface area (Å²) in [4.78, 5) is 14.6. The molecule has 0 aliphatic carbocycles. The van der Waals surface area contributed by atoms with Crippen molar-refractivity contribution in [1.82, 2.24) is 10.2 Å². The third-order valence-electron chi connectivity index (χ3n) is 4.60. The molecule has 1 fully saturated rings. The zero-order valence-corrected chi connectivity index (χ0v) is 14.3. The van der Waals surface area contributed by atoms with Gasteiger partial charge in [0.25, 0.3) is 0 Å². The van der Waals surface area contributed by atoms with Crippen LogP contribution in [0.3, 0.4) is 0 Å². The maximum absolute atomic E-state index is 12.1. The molecule has 23 heavy (non-hydrogen) atoms. The summed E-state index contributed by atoms with van der Waals surface area (Å²) in [6.45, 7) is 4.93. The molecule has 2 unspecified atom stereocenters. The third kappa shape index (κ3) is 4.69. The molecule has 0 bridgehead atoms. The molecule has 1 aliphatic heterocycles. The van der Waals surface area contributed by atoms with E-state index in [1.165, 1.54) is 19.3 Å². The molecule has 1 heterocycles. The third-order valence-corrected chi connectivity index (χ3v) is 4.60. The van der Waals surface area contributed by atoms with E-state index in [1.807, 2.05) is 25.1 Å². The van der Waals surface area contributed by atoms with Gasteiger partial charge in [-0.25, -0.2) is 0 Å². The largest absolute Gasteiger partial charge is 0.496 e. The van der Waals surface area contributed by atoms with E-state index >= 15 is 0 Å². The summed E-state index contributed by atoms with van der Waals surface area (Å²) in [5.41, 5.74) is 6.72. The van der Waals surface area contributed by atoms with Crippen LogP contribution in [0.2, 0.25) is 0 Å². The normalized spacial score (nSPS) is 18.2. The minimum atomic E-state index is -0.158. The highest BCUT2D eigenvalue weighted by molar-refractivity contribution is 5.78. The van der Waals surface area contributed by atoms with Crippen molar-refractivity contribution >= 4 is 5.91 Å². The molecule has 5 nitrogen and oxygen atoms in total. The minimum Gasteiger partial charge on any atom is -0.496 e. The van der Waals surface area contributed by atoms with Crippen LogP contribution in [0.15, 0.2) is 24.3 Å². The van der Waals surface area contributed by atoms with Gasteiger partial charge in [0.05, 0.1) is 13.2 Å². The molecule has 2 atom stereocenters. The Morgan fingerprint density at radius 3 is 2.65 bits per heavy atom. The van der Waals surface area contributed by atoms with E-state index in [9.17, 15) is 4.79 Å². The van der Waals surface area contributed by atoms with Gasteiger partial charge in [0.1, 0.15) is 5.75 Å². The number of likely N-dealkylation sites (tertiary alicyclic amines) is 1. The highest BCUT2D eigenvalue weighted by Gasteiger charge is 2.25. The van der Waals surface area contributed by atoms with E-state index in [4.69, 9.17) is 10.5 Å². The van der Waals surface area contributed by atoms with Gasteiger partial charge in [0.2, 0.25) is 5.91 Å². The van der Waals surface area contributed by atoms with Gasteiger partial charge >= 0.3 is 0 Å². The summed E-state index contributed by atoms with van der Waals surface area (Å²) < 4.78 is 5.53. The number of ether oxygens (including phenoxy) is 1. The molecule has 0 aromatic heterocycles. The van der Waals surface area contributed by atoms with E-state index < -0.39 is 0 Å². The molecule has 1 aromatic rings. The van der Waals surface area contributed by atoms with E-state index in [0.29, 0.717) is 13.1 Å². The molecule has 5 heteroatoms. The number of methoxy groups -OCH3 is 1. The summed E-state index contributed by atoms with van der Waals surface area (Å²) in [6.07, 6.45) is 3.70. The van der Waals surface area contributed by atoms with Crippen LogP contribution in [0.4, 0.5) is 0 Å². The second kappa shape index (κ2) is 8.89. The lowest BCUT2D eigenvalue weighted by Crippen LogP contribution is -2.42. The Morgan fingerprint density at radius 2 is 2.00 bits per heavy atom. The maximum Gasteiger partial charge on any atom is 0.224 e. The van der Waals surface area contributed by atoms with Crippen LogP contribution in [0.1, 0.15) is 37.8 Å². The lowest BCUT2D eigenvalue weighted by Gasteiger charge is -2.35. The number of benzene rings is 1. The SMILES string of the molecule is COc1ccccc1C(CNC(=O)C(C)CN)N1CCCCC1. The van der Waals surface area contributed by atoms with Gasteiger partial charge in [-0.05, 0) is 32.0 Å². The number of nitrogens with two attached hydrogens (primary N) is 1. The summed E-state index contributed by atoms with van der Waals surface area (Å²) in [7, 11) is 1.70. The topological polar surface area (TPSA) is 67.6 Å². The Hall–Kier alpha value is -1.59. The van der Waals surface area contributed by atoms with Crippen molar-refractivity contribution in [1.29, 1.82) is 0 Å². The Bertz CT molecular complexity index is 501. The number of piperidine rings is 1. The van der Waals surface area contributed by atoms with Crippen LogP contribution in [-0.2, 0) is 4.79 Å². The molecule has 1 amide bonds. The van der Waals surface area contributed by atoms with Gasteiger partial charge < -0.3 is 15.8 Å². The van der Waals surface area contributed by atoms with Crippen molar-refractivity contribution in [2.24, 2.45) is 11.7 Å². The molecular weight excluding hydrogens is 290 g/mol. The predicted octanol–water partition coefficient (Wildman–Crippen LogP) is 1.93. The standard InChI is InChI=1S/C18H29N3O2/c1-14(12-19)18(22)20-13-16(21-10-6-3-7-11-21)15-8-4-5-9-17(15)23-2/h4-5,8-9,14,16H,3,6-7,10-13,19H2,1-2H3,(H,20,22). The molecule has 0 spiro atoms. The number of hydrogen-bond acceptors (Lipinski definition) is 4. The molecule has 128 valence electrons. The van der Waals surface area contributed by atoms with E-state index in [-0.39, 0.29) is 17.9 Å². The Kier molecular flexibility index (Phi) is 6.86. The van der Waals surface area contributed by atoms with E-state index in [2.05, 4.69) is 16.3 Å². The molecule has 1 aliphatic rings. The van der Waals surface area contributed by atoms with Crippen LogP contribution in [-0.4, -0.2) is 44.1 Å². The van der Waals surface area contributed by atoms with Crippen LogP contribution in [0, 0.1) is 5.92 Å². The molecule has 0 saturated carbocycles. The van der Waals surface area contributed by atoms with Crippen molar-refractivity contribution in [2.45, 2.75) is 32.2 Å². The van der Waals surface area contributed by atoms with Crippen molar-refractivity contribution in [2.75, 3.05) is 33.3 Å². The van der Waals surface area contributed by atoms with E-state index in [0.717, 1.165) is 24.4 Å². The molecular formula is C18H29N3O2. The van der Waals surface area contributed by atoms with Crippen LogP contribution < -0.4 is 15.8 Å². The van der Waals surface area contributed by atoms with Gasteiger partial charge in [0, 0.05) is 24.6 Å². The average molecular weight is 319 g/mol. The van der Waals surface area contributed by atoms with Crippen molar-refractivity contribution < 1.29 is 9.53 Å². The summed E-state index contributed by atoms with van der Waals surface area (Å²) >= 11 is 0. The monoisotopic (exact) mass is 319 g/mol. The molecule has 0 radical (unpaired) electrons. The summed E-state index contributed by atoms with van der Waals surface area (Å²) in [5.74, 6) is 0.739. The number of carbonyl (C=O) groups excluding carboxylic acids is 1. The lowest BCUT2D eigenvalue weighted by atomic mass is 10.00. The molecule has 1 saturated heterocycles. The first-order chi connectivity index (χ1) is 11.2. The van der Waals surface area contributed by atoms with Gasteiger partial charge in [-0.2, -0.15) is 0 Å². The zero-order chi connectivity index (χ0) is 16.7. The predicted molar refractivity (Wildman–Crippen MR) is 92.4 cm³/mol. The van der Waals surface area contributed by atoms with E-state index in [1.54, 1.807) is 7.11 Å². The number of amides is 1. The number of rotatable bonds is 7. The lowest BCUT2D eigenvalue weighted by molar-refractivity contribution is -0.124. The fourth-order valence-corrected chi connectivity index (χ4v) is 3.09. The number of nitrogens with zero attached hydrogens (tertiary/aromatic N) is 1. The van der Waals surface area contributed by atoms with Crippen molar-refractivity contribution in [3.63, 3.8) is 0 Å². The first-order valence-corrected chi connectivity index (χ1v) is 8.52. The van der Waals surface area contributed by atoms with Gasteiger partial charge in [-0.15, -0.1) is 0 Å². The highest BCUT2D eigenvalue weighted by Crippen LogP contribution is 2.30. The average Bonchev–Trinajstić information content (AvgIpc) is 2.62.